The van der Waals surface area contributed by atoms with Crippen molar-refractivity contribution in [3.05, 3.63) is 29.3 Å². The second-order valence-corrected chi connectivity index (χ2v) is 6.33. The Morgan fingerprint density at radius 2 is 2.15 bits per heavy atom. The van der Waals surface area contributed by atoms with Crippen LogP contribution in [0, 0.1) is 19.3 Å². The van der Waals surface area contributed by atoms with Gasteiger partial charge in [0.1, 0.15) is 0 Å². The highest BCUT2D eigenvalue weighted by Gasteiger charge is 2.33. The Bertz CT molecular complexity index is 433. The van der Waals surface area contributed by atoms with Crippen molar-refractivity contribution in [3.8, 4) is 0 Å². The molecule has 112 valence electrons. The predicted molar refractivity (Wildman–Crippen MR) is 85.6 cm³/mol. The van der Waals surface area contributed by atoms with Crippen molar-refractivity contribution in [2.75, 3.05) is 45.3 Å². The van der Waals surface area contributed by atoms with E-state index in [0.29, 0.717) is 0 Å². The third-order valence-electron chi connectivity index (χ3n) is 4.29. The fraction of sp³-hybridized carbons (Fsp3) is 0.647. The molecule has 0 spiro atoms. The molecule has 0 aromatic heterocycles. The minimum absolute atomic E-state index is 0.235. The number of aryl methyl sites for hydroxylation is 2. The minimum Gasteiger partial charge on any atom is -0.381 e. The number of nitrogens with one attached hydrogen (secondary N) is 1. The van der Waals surface area contributed by atoms with E-state index in [1.54, 1.807) is 0 Å². The maximum absolute atomic E-state index is 5.76. The lowest BCUT2D eigenvalue weighted by Gasteiger charge is -2.40. The van der Waals surface area contributed by atoms with Gasteiger partial charge in [0.15, 0.2) is 0 Å². The van der Waals surface area contributed by atoms with Gasteiger partial charge < -0.3 is 15.0 Å². The molecule has 1 aromatic rings. The van der Waals surface area contributed by atoms with Gasteiger partial charge in [0.2, 0.25) is 0 Å². The van der Waals surface area contributed by atoms with Crippen LogP contribution in [0.15, 0.2) is 18.2 Å². The van der Waals surface area contributed by atoms with Crippen molar-refractivity contribution in [1.29, 1.82) is 0 Å². The summed E-state index contributed by atoms with van der Waals surface area (Å²) in [4.78, 5) is 2.39. The SMILES string of the molecule is CNCC1(CN(C)c2ccc(C)cc2C)CCCOC1. The summed E-state index contributed by atoms with van der Waals surface area (Å²) in [6.45, 7) is 8.18. The number of hydrogen-bond acceptors (Lipinski definition) is 3. The first kappa shape index (κ1) is 15.3. The van der Waals surface area contributed by atoms with Crippen LogP contribution in [0.2, 0.25) is 0 Å². The lowest BCUT2D eigenvalue weighted by atomic mass is 9.81. The van der Waals surface area contributed by atoms with Crippen molar-refractivity contribution >= 4 is 5.69 Å². The third kappa shape index (κ3) is 3.53. The second kappa shape index (κ2) is 6.59. The zero-order valence-electron chi connectivity index (χ0n) is 13.3. The highest BCUT2D eigenvalue weighted by Crippen LogP contribution is 2.31. The minimum atomic E-state index is 0.235. The van der Waals surface area contributed by atoms with Crippen molar-refractivity contribution in [2.24, 2.45) is 5.41 Å². The van der Waals surface area contributed by atoms with Crippen LogP contribution in [-0.4, -0.2) is 40.4 Å². The first-order valence-corrected chi connectivity index (χ1v) is 7.57. The normalized spacial score (nSPS) is 22.8. The summed E-state index contributed by atoms with van der Waals surface area (Å²) in [7, 11) is 4.23. The number of ether oxygens (including phenoxy) is 1. The van der Waals surface area contributed by atoms with E-state index < -0.39 is 0 Å². The fourth-order valence-corrected chi connectivity index (χ4v) is 3.43. The molecule has 1 atom stereocenters. The summed E-state index contributed by atoms with van der Waals surface area (Å²) in [5.74, 6) is 0. The summed E-state index contributed by atoms with van der Waals surface area (Å²) >= 11 is 0. The number of benzene rings is 1. The van der Waals surface area contributed by atoms with E-state index in [-0.39, 0.29) is 5.41 Å². The summed E-state index contributed by atoms with van der Waals surface area (Å²) in [6.07, 6.45) is 2.41. The van der Waals surface area contributed by atoms with Crippen LogP contribution in [-0.2, 0) is 4.74 Å². The summed E-state index contributed by atoms with van der Waals surface area (Å²) < 4.78 is 5.76. The molecule has 1 aliphatic rings. The number of hydrogen-bond donors (Lipinski definition) is 1. The van der Waals surface area contributed by atoms with Crippen LogP contribution < -0.4 is 10.2 Å². The molecule has 1 N–H and O–H groups in total. The molecule has 2 rings (SSSR count). The van der Waals surface area contributed by atoms with E-state index in [0.717, 1.165) is 26.3 Å². The van der Waals surface area contributed by atoms with Crippen molar-refractivity contribution in [2.45, 2.75) is 26.7 Å². The van der Waals surface area contributed by atoms with Crippen LogP contribution in [0.1, 0.15) is 24.0 Å². The van der Waals surface area contributed by atoms with Crippen molar-refractivity contribution in [1.82, 2.24) is 5.32 Å². The van der Waals surface area contributed by atoms with Gasteiger partial charge in [0.05, 0.1) is 6.61 Å². The van der Waals surface area contributed by atoms with E-state index >= 15 is 0 Å². The van der Waals surface area contributed by atoms with E-state index in [1.165, 1.54) is 29.7 Å². The zero-order chi connectivity index (χ0) is 14.6. The monoisotopic (exact) mass is 276 g/mol. The van der Waals surface area contributed by atoms with Gasteiger partial charge in [-0.2, -0.15) is 0 Å². The Balaban J connectivity index is 2.13. The largest absolute Gasteiger partial charge is 0.381 e. The average molecular weight is 276 g/mol. The number of anilines is 1. The quantitative estimate of drug-likeness (QED) is 0.895. The van der Waals surface area contributed by atoms with Crippen LogP contribution in [0.5, 0.6) is 0 Å². The molecule has 1 heterocycles. The van der Waals surface area contributed by atoms with E-state index in [9.17, 15) is 0 Å². The Labute approximate surface area is 123 Å². The first-order valence-electron chi connectivity index (χ1n) is 7.57. The number of rotatable bonds is 5. The average Bonchev–Trinajstić information content (AvgIpc) is 2.39. The van der Waals surface area contributed by atoms with Gasteiger partial charge in [-0.05, 0) is 45.4 Å². The van der Waals surface area contributed by atoms with Crippen LogP contribution in [0.25, 0.3) is 0 Å². The molecule has 1 unspecified atom stereocenters. The van der Waals surface area contributed by atoms with Gasteiger partial charge in [0, 0.05) is 37.8 Å². The molecule has 0 radical (unpaired) electrons. The topological polar surface area (TPSA) is 24.5 Å². The Morgan fingerprint density at radius 1 is 1.35 bits per heavy atom. The van der Waals surface area contributed by atoms with Crippen LogP contribution in [0.4, 0.5) is 5.69 Å². The molecule has 1 fully saturated rings. The standard InChI is InChI=1S/C17H28N2O/c1-14-6-7-16(15(2)10-14)19(4)12-17(11-18-3)8-5-9-20-13-17/h6-7,10,18H,5,8-9,11-13H2,1-4H3. The molecule has 0 aliphatic carbocycles. The van der Waals surface area contributed by atoms with Crippen LogP contribution >= 0.6 is 0 Å². The Kier molecular flexibility index (Phi) is 5.06. The maximum atomic E-state index is 5.76. The number of nitrogens with zero attached hydrogens (tertiary/aromatic N) is 1. The second-order valence-electron chi connectivity index (χ2n) is 6.33. The summed E-state index contributed by atoms with van der Waals surface area (Å²) in [6, 6.07) is 6.69. The maximum Gasteiger partial charge on any atom is 0.0551 e. The smallest absolute Gasteiger partial charge is 0.0551 e. The lowest BCUT2D eigenvalue weighted by Crippen LogP contribution is -2.47. The molecular weight excluding hydrogens is 248 g/mol. The van der Waals surface area contributed by atoms with Gasteiger partial charge >= 0.3 is 0 Å². The molecular formula is C17H28N2O. The fourth-order valence-electron chi connectivity index (χ4n) is 3.43. The molecule has 0 saturated carbocycles. The van der Waals surface area contributed by atoms with Gasteiger partial charge in [0.25, 0.3) is 0 Å². The zero-order valence-corrected chi connectivity index (χ0v) is 13.3. The molecule has 1 aromatic carbocycles. The molecule has 0 bridgehead atoms. The van der Waals surface area contributed by atoms with Gasteiger partial charge in [-0.1, -0.05) is 17.7 Å². The third-order valence-corrected chi connectivity index (χ3v) is 4.29. The Hall–Kier alpha value is -1.06. The van der Waals surface area contributed by atoms with Crippen molar-refractivity contribution in [3.63, 3.8) is 0 Å². The van der Waals surface area contributed by atoms with Gasteiger partial charge in [-0.25, -0.2) is 0 Å². The molecule has 0 amide bonds. The Morgan fingerprint density at radius 3 is 2.75 bits per heavy atom. The molecule has 1 saturated heterocycles. The van der Waals surface area contributed by atoms with Gasteiger partial charge in [-0.3, -0.25) is 0 Å². The summed E-state index contributed by atoms with van der Waals surface area (Å²) in [5.41, 5.74) is 4.24. The lowest BCUT2D eigenvalue weighted by molar-refractivity contribution is -0.00184. The molecule has 3 nitrogen and oxygen atoms in total. The predicted octanol–water partition coefficient (Wildman–Crippen LogP) is 2.76. The summed E-state index contributed by atoms with van der Waals surface area (Å²) in [5, 5.41) is 3.35. The molecule has 20 heavy (non-hydrogen) atoms. The van der Waals surface area contributed by atoms with Crippen LogP contribution in [0.3, 0.4) is 0 Å². The van der Waals surface area contributed by atoms with Crippen molar-refractivity contribution < 1.29 is 4.74 Å². The van der Waals surface area contributed by atoms with E-state index in [4.69, 9.17) is 4.74 Å². The van der Waals surface area contributed by atoms with Gasteiger partial charge in [-0.15, -0.1) is 0 Å². The first-order chi connectivity index (χ1) is 9.56. The molecule has 3 heteroatoms. The van der Waals surface area contributed by atoms with E-state index in [1.807, 2.05) is 7.05 Å². The highest BCUT2D eigenvalue weighted by atomic mass is 16.5. The molecule has 1 aliphatic heterocycles. The van der Waals surface area contributed by atoms with E-state index in [2.05, 4.69) is 49.3 Å². The highest BCUT2D eigenvalue weighted by molar-refractivity contribution is 5.54.